The van der Waals surface area contributed by atoms with E-state index in [9.17, 15) is 9.59 Å². The van der Waals surface area contributed by atoms with E-state index >= 15 is 0 Å². The number of esters is 1. The first-order chi connectivity index (χ1) is 13.7. The molecule has 0 radical (unpaired) electrons. The van der Waals surface area contributed by atoms with Crippen LogP contribution in [-0.4, -0.2) is 18.4 Å². The molecule has 1 aromatic heterocycles. The highest BCUT2D eigenvalue weighted by Crippen LogP contribution is 2.30. The van der Waals surface area contributed by atoms with Crippen molar-refractivity contribution in [3.05, 3.63) is 83.6 Å². The number of hydrogen-bond donors (Lipinski definition) is 0. The lowest BCUT2D eigenvalue weighted by molar-refractivity contribution is -0.141. The molecule has 4 rings (SSSR count). The summed E-state index contributed by atoms with van der Waals surface area (Å²) in [5.74, 6) is -0.660. The van der Waals surface area contributed by atoms with Gasteiger partial charge in [-0.2, -0.15) is 0 Å². The highest BCUT2D eigenvalue weighted by molar-refractivity contribution is 6.08. The third-order valence-corrected chi connectivity index (χ3v) is 4.92. The number of rotatable bonds is 6. The second-order valence-corrected chi connectivity index (χ2v) is 6.73. The molecule has 1 heterocycles. The van der Waals surface area contributed by atoms with Crippen molar-refractivity contribution in [2.45, 2.75) is 19.8 Å². The van der Waals surface area contributed by atoms with E-state index in [1.54, 1.807) is 18.4 Å². The largest absolute Gasteiger partial charge is 0.464 e. The van der Waals surface area contributed by atoms with Gasteiger partial charge in [-0.05, 0) is 28.8 Å². The first-order valence-corrected chi connectivity index (χ1v) is 9.31. The van der Waals surface area contributed by atoms with Crippen LogP contribution in [0.5, 0.6) is 0 Å². The van der Waals surface area contributed by atoms with Gasteiger partial charge in [0.15, 0.2) is 12.4 Å². The van der Waals surface area contributed by atoms with Gasteiger partial charge < -0.3 is 9.15 Å². The molecule has 0 saturated heterocycles. The van der Waals surface area contributed by atoms with Crippen molar-refractivity contribution >= 4 is 33.5 Å². The minimum atomic E-state index is -0.450. The summed E-state index contributed by atoms with van der Waals surface area (Å²) in [6.45, 7) is 1.79. The molecule has 0 saturated carbocycles. The standard InChI is InChI=1S/C24H20O4/c1-2-16-7-9-18(10-8-16)21(25)15-28-23(26)13-19-14-27-22-12-11-17-5-3-4-6-20(17)24(19)22/h3-12,14H,2,13,15H2,1H3. The van der Waals surface area contributed by atoms with Crippen LogP contribution in [-0.2, 0) is 22.4 Å². The Kier molecular flexibility index (Phi) is 4.94. The summed E-state index contributed by atoms with van der Waals surface area (Å²) in [5.41, 5.74) is 3.20. The lowest BCUT2D eigenvalue weighted by Gasteiger charge is -2.05. The number of ether oxygens (including phenoxy) is 1. The summed E-state index contributed by atoms with van der Waals surface area (Å²) >= 11 is 0. The van der Waals surface area contributed by atoms with Gasteiger partial charge >= 0.3 is 5.97 Å². The second kappa shape index (κ2) is 7.69. The van der Waals surface area contributed by atoms with Crippen molar-refractivity contribution in [1.82, 2.24) is 0 Å². The van der Waals surface area contributed by atoms with Gasteiger partial charge in [-0.15, -0.1) is 0 Å². The topological polar surface area (TPSA) is 56.5 Å². The lowest BCUT2D eigenvalue weighted by atomic mass is 10.0. The first kappa shape index (κ1) is 18.0. The summed E-state index contributed by atoms with van der Waals surface area (Å²) in [6, 6.07) is 19.2. The average molecular weight is 372 g/mol. The maximum absolute atomic E-state index is 12.3. The molecule has 0 bridgehead atoms. The minimum Gasteiger partial charge on any atom is -0.464 e. The van der Waals surface area contributed by atoms with Crippen LogP contribution in [0, 0.1) is 0 Å². The fourth-order valence-electron chi connectivity index (χ4n) is 3.37. The van der Waals surface area contributed by atoms with Crippen LogP contribution < -0.4 is 0 Å². The summed E-state index contributed by atoms with van der Waals surface area (Å²) in [5, 5.41) is 3.02. The molecule has 4 heteroatoms. The number of aryl methyl sites for hydroxylation is 1. The molecule has 4 aromatic rings. The van der Waals surface area contributed by atoms with Gasteiger partial charge in [0.05, 0.1) is 12.7 Å². The SMILES string of the molecule is CCc1ccc(C(=O)COC(=O)Cc2coc3ccc4ccccc4c23)cc1. The Bertz CT molecular complexity index is 1150. The number of hydrogen-bond acceptors (Lipinski definition) is 4. The minimum absolute atomic E-state index is 0.0586. The zero-order valence-electron chi connectivity index (χ0n) is 15.6. The molecule has 0 atom stereocenters. The van der Waals surface area contributed by atoms with Crippen molar-refractivity contribution < 1.29 is 18.7 Å². The monoisotopic (exact) mass is 372 g/mol. The van der Waals surface area contributed by atoms with Crippen molar-refractivity contribution in [1.29, 1.82) is 0 Å². The third kappa shape index (κ3) is 3.54. The predicted octanol–water partition coefficient (Wildman–Crippen LogP) is 5.12. The fraction of sp³-hybridized carbons (Fsp3) is 0.167. The van der Waals surface area contributed by atoms with Crippen LogP contribution in [0.15, 0.2) is 71.3 Å². The maximum atomic E-state index is 12.3. The molecule has 4 nitrogen and oxygen atoms in total. The molecule has 0 amide bonds. The van der Waals surface area contributed by atoms with E-state index in [2.05, 4.69) is 6.92 Å². The molecule has 0 aliphatic heterocycles. The van der Waals surface area contributed by atoms with Crippen molar-refractivity contribution in [2.24, 2.45) is 0 Å². The molecular weight excluding hydrogens is 352 g/mol. The molecule has 0 N–H and O–H groups in total. The van der Waals surface area contributed by atoms with Gasteiger partial charge in [0, 0.05) is 16.5 Å². The summed E-state index contributed by atoms with van der Waals surface area (Å²) in [6.07, 6.45) is 2.56. The fourth-order valence-corrected chi connectivity index (χ4v) is 3.37. The number of carbonyl (C=O) groups is 2. The molecule has 3 aromatic carbocycles. The molecule has 28 heavy (non-hydrogen) atoms. The van der Waals surface area contributed by atoms with Crippen LogP contribution in [0.4, 0.5) is 0 Å². The van der Waals surface area contributed by atoms with E-state index < -0.39 is 5.97 Å². The zero-order chi connectivity index (χ0) is 19.5. The second-order valence-electron chi connectivity index (χ2n) is 6.73. The van der Waals surface area contributed by atoms with Gasteiger partial charge in [-0.3, -0.25) is 9.59 Å². The Morgan fingerprint density at radius 1 is 0.964 bits per heavy atom. The van der Waals surface area contributed by atoms with E-state index in [0.717, 1.165) is 39.3 Å². The van der Waals surface area contributed by atoms with Crippen molar-refractivity contribution in [3.8, 4) is 0 Å². The molecule has 0 aliphatic rings. The molecule has 0 aliphatic carbocycles. The number of benzene rings is 3. The predicted molar refractivity (Wildman–Crippen MR) is 109 cm³/mol. The van der Waals surface area contributed by atoms with E-state index in [4.69, 9.17) is 9.15 Å². The first-order valence-electron chi connectivity index (χ1n) is 9.31. The maximum Gasteiger partial charge on any atom is 0.310 e. The molecule has 0 spiro atoms. The van der Waals surface area contributed by atoms with Crippen LogP contribution in [0.1, 0.15) is 28.4 Å². The Hall–Kier alpha value is -3.40. The number of fused-ring (bicyclic) bond motifs is 3. The molecule has 0 unspecified atom stereocenters. The highest BCUT2D eigenvalue weighted by Gasteiger charge is 2.15. The molecule has 140 valence electrons. The van der Waals surface area contributed by atoms with E-state index in [-0.39, 0.29) is 18.8 Å². The van der Waals surface area contributed by atoms with Crippen molar-refractivity contribution in [3.63, 3.8) is 0 Å². The number of ketones is 1. The quantitative estimate of drug-likeness (QED) is 0.348. The van der Waals surface area contributed by atoms with Crippen molar-refractivity contribution in [2.75, 3.05) is 6.61 Å². The lowest BCUT2D eigenvalue weighted by Crippen LogP contribution is -2.15. The Balaban J connectivity index is 1.46. The van der Waals surface area contributed by atoms with Gasteiger partial charge in [0.25, 0.3) is 0 Å². The average Bonchev–Trinajstić information content (AvgIpc) is 3.15. The summed E-state index contributed by atoms with van der Waals surface area (Å²) < 4.78 is 10.8. The zero-order valence-corrected chi connectivity index (χ0v) is 15.6. The van der Waals surface area contributed by atoms with E-state index in [1.807, 2.05) is 48.5 Å². The van der Waals surface area contributed by atoms with Gasteiger partial charge in [0.2, 0.25) is 0 Å². The summed E-state index contributed by atoms with van der Waals surface area (Å²) in [7, 11) is 0. The smallest absolute Gasteiger partial charge is 0.310 e. The van der Waals surface area contributed by atoms with Crippen LogP contribution >= 0.6 is 0 Å². The molecule has 0 fully saturated rings. The number of carbonyl (C=O) groups excluding carboxylic acids is 2. The summed E-state index contributed by atoms with van der Waals surface area (Å²) in [4.78, 5) is 24.6. The number of Topliss-reactive ketones (excluding diaryl/α,β-unsaturated/α-hetero) is 1. The van der Waals surface area contributed by atoms with Gasteiger partial charge in [-0.25, -0.2) is 0 Å². The van der Waals surface area contributed by atoms with E-state index in [1.165, 1.54) is 0 Å². The normalized spacial score (nSPS) is 11.0. The Morgan fingerprint density at radius 3 is 2.54 bits per heavy atom. The molecular formula is C24H20O4. The van der Waals surface area contributed by atoms with Gasteiger partial charge in [0.1, 0.15) is 5.58 Å². The van der Waals surface area contributed by atoms with Gasteiger partial charge in [-0.1, -0.05) is 61.5 Å². The number of furan rings is 1. The Labute approximate surface area is 162 Å². The van der Waals surface area contributed by atoms with Crippen LogP contribution in [0.3, 0.4) is 0 Å². The van der Waals surface area contributed by atoms with Crippen LogP contribution in [0.25, 0.3) is 21.7 Å². The highest BCUT2D eigenvalue weighted by atomic mass is 16.5. The van der Waals surface area contributed by atoms with Crippen LogP contribution in [0.2, 0.25) is 0 Å². The Morgan fingerprint density at radius 2 is 1.75 bits per heavy atom. The third-order valence-electron chi connectivity index (χ3n) is 4.92. The van der Waals surface area contributed by atoms with E-state index in [0.29, 0.717) is 5.56 Å².